The summed E-state index contributed by atoms with van der Waals surface area (Å²) in [6.45, 7) is 4.33. The van der Waals surface area contributed by atoms with E-state index in [4.69, 9.17) is 0 Å². The van der Waals surface area contributed by atoms with E-state index >= 15 is 0 Å². The number of phenolic OH excluding ortho intramolecular Hbond substituents is 2. The molecule has 0 spiro atoms. The third kappa shape index (κ3) is 2.42. The zero-order chi connectivity index (χ0) is 13.3. The predicted molar refractivity (Wildman–Crippen MR) is 68.6 cm³/mol. The number of carbonyl (C=O) groups excluding carboxylic acids is 1. The number of aromatic hydroxyl groups is 2. The molecule has 0 heterocycles. The lowest BCUT2D eigenvalue weighted by molar-refractivity contribution is 0.0924. The summed E-state index contributed by atoms with van der Waals surface area (Å²) < 4.78 is 0. The molecule has 0 bridgehead atoms. The fraction of sp³-hybridized carbons (Fsp3) is 0.500. The van der Waals surface area contributed by atoms with Crippen molar-refractivity contribution in [1.82, 2.24) is 5.32 Å². The Labute approximate surface area is 107 Å². The highest BCUT2D eigenvalue weighted by molar-refractivity contribution is 5.97. The van der Waals surface area contributed by atoms with Crippen LogP contribution < -0.4 is 5.32 Å². The van der Waals surface area contributed by atoms with Gasteiger partial charge >= 0.3 is 0 Å². The van der Waals surface area contributed by atoms with E-state index in [1.54, 1.807) is 0 Å². The Morgan fingerprint density at radius 1 is 1.28 bits per heavy atom. The van der Waals surface area contributed by atoms with Crippen molar-refractivity contribution < 1.29 is 15.0 Å². The van der Waals surface area contributed by atoms with Crippen LogP contribution >= 0.6 is 0 Å². The molecule has 0 radical (unpaired) electrons. The second kappa shape index (κ2) is 4.88. The molecule has 18 heavy (non-hydrogen) atoms. The van der Waals surface area contributed by atoms with Gasteiger partial charge in [-0.05, 0) is 36.8 Å². The van der Waals surface area contributed by atoms with E-state index in [9.17, 15) is 15.0 Å². The van der Waals surface area contributed by atoms with Crippen LogP contribution in [-0.4, -0.2) is 22.2 Å². The number of carbonyl (C=O) groups is 1. The lowest BCUT2D eigenvalue weighted by Gasteiger charge is -2.19. The van der Waals surface area contributed by atoms with Crippen molar-refractivity contribution in [3.05, 3.63) is 23.8 Å². The van der Waals surface area contributed by atoms with Gasteiger partial charge < -0.3 is 15.5 Å². The first-order chi connectivity index (χ1) is 8.49. The van der Waals surface area contributed by atoms with Crippen LogP contribution in [0.3, 0.4) is 0 Å². The van der Waals surface area contributed by atoms with Crippen molar-refractivity contribution in [2.75, 3.05) is 0 Å². The summed E-state index contributed by atoms with van der Waals surface area (Å²) in [7, 11) is 0. The topological polar surface area (TPSA) is 69.6 Å². The van der Waals surface area contributed by atoms with Crippen molar-refractivity contribution in [1.29, 1.82) is 0 Å². The van der Waals surface area contributed by atoms with Crippen molar-refractivity contribution >= 4 is 5.91 Å². The van der Waals surface area contributed by atoms with E-state index in [0.29, 0.717) is 11.8 Å². The summed E-state index contributed by atoms with van der Waals surface area (Å²) in [5, 5.41) is 21.8. The van der Waals surface area contributed by atoms with Crippen LogP contribution in [-0.2, 0) is 0 Å². The Morgan fingerprint density at radius 3 is 2.56 bits per heavy atom. The molecule has 3 N–H and O–H groups in total. The smallest absolute Gasteiger partial charge is 0.255 e. The quantitative estimate of drug-likeness (QED) is 0.753. The molecule has 0 aliphatic heterocycles. The number of benzene rings is 1. The first-order valence-electron chi connectivity index (χ1n) is 6.32. The van der Waals surface area contributed by atoms with Crippen molar-refractivity contribution in [2.45, 2.75) is 32.7 Å². The van der Waals surface area contributed by atoms with Gasteiger partial charge in [-0.1, -0.05) is 13.8 Å². The minimum atomic E-state index is -0.279. The van der Waals surface area contributed by atoms with E-state index in [0.717, 1.165) is 12.8 Å². The minimum absolute atomic E-state index is 0.0492. The molecule has 1 saturated carbocycles. The third-order valence-electron chi connectivity index (χ3n) is 4.01. The van der Waals surface area contributed by atoms with Crippen LogP contribution in [0.2, 0.25) is 0 Å². The van der Waals surface area contributed by atoms with E-state index < -0.39 is 0 Å². The van der Waals surface area contributed by atoms with Gasteiger partial charge in [0.05, 0.1) is 5.56 Å². The monoisotopic (exact) mass is 249 g/mol. The Balaban J connectivity index is 2.08. The molecule has 1 aliphatic carbocycles. The van der Waals surface area contributed by atoms with Gasteiger partial charge in [0.15, 0.2) is 0 Å². The molecule has 1 aromatic carbocycles. The van der Waals surface area contributed by atoms with Crippen LogP contribution in [0.15, 0.2) is 18.2 Å². The number of hydrogen-bond acceptors (Lipinski definition) is 3. The SMILES string of the molecule is CC1CCC(NC(=O)c2ccc(O)cc2O)C1C. The standard InChI is InChI=1S/C14H19NO3/c1-8-3-6-12(9(8)2)15-14(18)11-5-4-10(16)7-13(11)17/h4-5,7-9,12,16-17H,3,6H2,1-2H3,(H,15,18). The second-order valence-corrected chi connectivity index (χ2v) is 5.20. The molecular formula is C14H19NO3. The molecule has 0 saturated heterocycles. The lowest BCUT2D eigenvalue weighted by Crippen LogP contribution is -2.37. The molecule has 1 aromatic rings. The highest BCUT2D eigenvalue weighted by Gasteiger charge is 2.31. The normalized spacial score (nSPS) is 27.1. The maximum absolute atomic E-state index is 12.0. The van der Waals surface area contributed by atoms with Crippen LogP contribution in [0, 0.1) is 11.8 Å². The Morgan fingerprint density at radius 2 is 2.00 bits per heavy atom. The zero-order valence-electron chi connectivity index (χ0n) is 10.7. The molecule has 4 heteroatoms. The van der Waals surface area contributed by atoms with Gasteiger partial charge in [0.2, 0.25) is 0 Å². The summed E-state index contributed by atoms with van der Waals surface area (Å²) in [5.41, 5.74) is 0.208. The van der Waals surface area contributed by atoms with Crippen molar-refractivity contribution in [3.8, 4) is 11.5 Å². The molecule has 1 amide bonds. The molecule has 3 unspecified atom stereocenters. The average Bonchev–Trinajstić information content (AvgIpc) is 2.61. The summed E-state index contributed by atoms with van der Waals surface area (Å²) in [4.78, 5) is 12.0. The van der Waals surface area contributed by atoms with Crippen molar-refractivity contribution in [2.24, 2.45) is 11.8 Å². The fourth-order valence-electron chi connectivity index (χ4n) is 2.53. The molecular weight excluding hydrogens is 230 g/mol. The average molecular weight is 249 g/mol. The van der Waals surface area contributed by atoms with Gasteiger partial charge in [0, 0.05) is 12.1 Å². The largest absolute Gasteiger partial charge is 0.508 e. The number of rotatable bonds is 2. The lowest BCUT2D eigenvalue weighted by atomic mass is 9.97. The Kier molecular flexibility index (Phi) is 3.45. The zero-order valence-corrected chi connectivity index (χ0v) is 10.7. The minimum Gasteiger partial charge on any atom is -0.508 e. The second-order valence-electron chi connectivity index (χ2n) is 5.20. The molecule has 0 aromatic heterocycles. The van der Waals surface area contributed by atoms with Crippen LogP contribution in [0.5, 0.6) is 11.5 Å². The maximum atomic E-state index is 12.0. The van der Waals surface area contributed by atoms with E-state index in [2.05, 4.69) is 19.2 Å². The Bertz CT molecular complexity index is 458. The molecule has 98 valence electrons. The number of nitrogens with one attached hydrogen (secondary N) is 1. The first-order valence-corrected chi connectivity index (χ1v) is 6.32. The molecule has 1 fully saturated rings. The van der Waals surface area contributed by atoms with E-state index in [1.807, 2.05) is 0 Å². The summed E-state index contributed by atoms with van der Waals surface area (Å²) >= 11 is 0. The number of phenols is 2. The van der Waals surface area contributed by atoms with Gasteiger partial charge in [0.25, 0.3) is 5.91 Å². The number of hydrogen-bond donors (Lipinski definition) is 3. The van der Waals surface area contributed by atoms with Gasteiger partial charge in [0.1, 0.15) is 11.5 Å². The Hall–Kier alpha value is -1.71. The van der Waals surface area contributed by atoms with Crippen LogP contribution in [0.25, 0.3) is 0 Å². The molecule has 1 aliphatic rings. The van der Waals surface area contributed by atoms with Gasteiger partial charge in [-0.2, -0.15) is 0 Å². The molecule has 2 rings (SSSR count). The van der Waals surface area contributed by atoms with Gasteiger partial charge in [-0.15, -0.1) is 0 Å². The van der Waals surface area contributed by atoms with Gasteiger partial charge in [-0.25, -0.2) is 0 Å². The summed E-state index contributed by atoms with van der Waals surface area (Å²) in [5.74, 6) is 0.550. The summed E-state index contributed by atoms with van der Waals surface area (Å²) in [6.07, 6.45) is 2.10. The maximum Gasteiger partial charge on any atom is 0.255 e. The van der Waals surface area contributed by atoms with E-state index in [1.165, 1.54) is 18.2 Å². The number of amides is 1. The van der Waals surface area contributed by atoms with Crippen LogP contribution in [0.1, 0.15) is 37.0 Å². The fourth-order valence-corrected chi connectivity index (χ4v) is 2.53. The third-order valence-corrected chi connectivity index (χ3v) is 4.01. The summed E-state index contributed by atoms with van der Waals surface area (Å²) in [6, 6.07) is 4.18. The van der Waals surface area contributed by atoms with Gasteiger partial charge in [-0.3, -0.25) is 4.79 Å². The highest BCUT2D eigenvalue weighted by Crippen LogP contribution is 2.31. The van der Waals surface area contributed by atoms with Crippen LogP contribution in [0.4, 0.5) is 0 Å². The predicted octanol–water partition coefficient (Wildman–Crippen LogP) is 2.26. The molecule has 4 nitrogen and oxygen atoms in total. The van der Waals surface area contributed by atoms with Crippen molar-refractivity contribution in [3.63, 3.8) is 0 Å². The molecule has 3 atom stereocenters. The van der Waals surface area contributed by atoms with E-state index in [-0.39, 0.29) is 29.0 Å². The first kappa shape index (κ1) is 12.7. The highest BCUT2D eigenvalue weighted by atomic mass is 16.3.